The first kappa shape index (κ1) is 30.8. The monoisotopic (exact) mass is 570 g/mol. The Morgan fingerprint density at radius 2 is 1.51 bits per heavy atom. The Balaban J connectivity index is 1.40. The van der Waals surface area contributed by atoms with Gasteiger partial charge in [0.2, 0.25) is 5.91 Å². The van der Waals surface area contributed by atoms with Crippen molar-refractivity contribution in [3.63, 3.8) is 0 Å². The molecule has 1 heterocycles. The van der Waals surface area contributed by atoms with E-state index in [-0.39, 0.29) is 23.0 Å². The lowest BCUT2D eigenvalue weighted by atomic mass is 9.78. The maximum atomic E-state index is 12.8. The van der Waals surface area contributed by atoms with Crippen molar-refractivity contribution >= 4 is 35.5 Å². The molecule has 0 aliphatic carbocycles. The number of amides is 1. The predicted octanol–water partition coefficient (Wildman–Crippen LogP) is 5.96. The van der Waals surface area contributed by atoms with E-state index in [0.29, 0.717) is 32.4 Å². The molecule has 3 aromatic carbocycles. The summed E-state index contributed by atoms with van der Waals surface area (Å²) in [6.45, 7) is 10.1. The van der Waals surface area contributed by atoms with Crippen LogP contribution >= 0.6 is 0 Å². The molecule has 0 saturated carbocycles. The molecule has 1 aromatic heterocycles. The van der Waals surface area contributed by atoms with E-state index < -0.39 is 8.32 Å². The van der Waals surface area contributed by atoms with Gasteiger partial charge >= 0.3 is 0 Å². The summed E-state index contributed by atoms with van der Waals surface area (Å²) in [6.07, 6.45) is 5.31. The molecule has 0 bridgehead atoms. The summed E-state index contributed by atoms with van der Waals surface area (Å²) in [5.41, 5.74) is 1.96. The van der Waals surface area contributed by atoms with Gasteiger partial charge in [-0.05, 0) is 58.1 Å². The van der Waals surface area contributed by atoms with E-state index in [1.54, 1.807) is 0 Å². The second-order valence-electron chi connectivity index (χ2n) is 12.2. The van der Waals surface area contributed by atoms with E-state index in [2.05, 4.69) is 111 Å². The fourth-order valence-electron chi connectivity index (χ4n) is 6.07. The second kappa shape index (κ2) is 13.6. The van der Waals surface area contributed by atoms with Gasteiger partial charge in [0.25, 0.3) is 8.32 Å². The number of para-hydroxylation sites is 1. The molecule has 218 valence electrons. The fraction of sp³-hybridized carbons (Fsp3) is 0.400. The minimum Gasteiger partial charge on any atom is -0.407 e. The SMILES string of the molecule is CC[C@@](CO)(CCO[Si](c1ccccc1)(c1ccccc1)C(C)(C)C)CCC(=O)NCCc1c[nH]c2ccccc12. The standard InChI is InChI=1S/C35H46N2O3Si/c1-5-35(27-38,22-20-33(39)36-24-21-28-26-37-32-19-13-12-18-31(28)32)23-25-40-41(34(2,3)4,29-14-8-6-9-15-29)30-16-10-7-11-17-30/h6-19,26,37-38H,5,20-25,27H2,1-4H3,(H,36,39)/t35-/m0/s1. The fourth-order valence-corrected chi connectivity index (χ4v) is 10.6. The van der Waals surface area contributed by atoms with Crippen LogP contribution in [0.3, 0.4) is 0 Å². The van der Waals surface area contributed by atoms with Crippen LogP contribution in [0, 0.1) is 5.41 Å². The first-order valence-electron chi connectivity index (χ1n) is 14.9. The van der Waals surface area contributed by atoms with Crippen LogP contribution in [0.2, 0.25) is 5.04 Å². The van der Waals surface area contributed by atoms with Crippen LogP contribution in [0.4, 0.5) is 0 Å². The lowest BCUT2D eigenvalue weighted by molar-refractivity contribution is -0.121. The van der Waals surface area contributed by atoms with E-state index >= 15 is 0 Å². The molecule has 41 heavy (non-hydrogen) atoms. The van der Waals surface area contributed by atoms with Crippen molar-refractivity contribution in [1.29, 1.82) is 0 Å². The number of nitrogens with one attached hydrogen (secondary N) is 2. The molecule has 5 nitrogen and oxygen atoms in total. The van der Waals surface area contributed by atoms with Crippen LogP contribution in [0.5, 0.6) is 0 Å². The van der Waals surface area contributed by atoms with Crippen molar-refractivity contribution < 1.29 is 14.3 Å². The summed E-state index contributed by atoms with van der Waals surface area (Å²) in [4.78, 5) is 16.1. The van der Waals surface area contributed by atoms with Gasteiger partial charge in [0, 0.05) is 43.3 Å². The third-order valence-electron chi connectivity index (χ3n) is 8.73. The minimum atomic E-state index is -2.65. The average molecular weight is 571 g/mol. The van der Waals surface area contributed by atoms with Gasteiger partial charge < -0.3 is 19.8 Å². The Bertz CT molecular complexity index is 1340. The molecular formula is C35H46N2O3Si. The number of hydrogen-bond acceptors (Lipinski definition) is 3. The molecule has 0 saturated heterocycles. The molecular weight excluding hydrogens is 524 g/mol. The van der Waals surface area contributed by atoms with Gasteiger partial charge in [-0.15, -0.1) is 0 Å². The first-order valence-corrected chi connectivity index (χ1v) is 16.8. The van der Waals surface area contributed by atoms with Gasteiger partial charge in [-0.1, -0.05) is 107 Å². The summed E-state index contributed by atoms with van der Waals surface area (Å²) in [6, 6.07) is 29.5. The largest absolute Gasteiger partial charge is 0.407 e. The average Bonchev–Trinajstić information content (AvgIpc) is 3.40. The molecule has 0 unspecified atom stereocenters. The maximum Gasteiger partial charge on any atom is 0.261 e. The Hall–Kier alpha value is -3.19. The highest BCUT2D eigenvalue weighted by atomic mass is 28.4. The third kappa shape index (κ3) is 7.00. The normalized spacial score (nSPS) is 13.7. The highest BCUT2D eigenvalue weighted by Crippen LogP contribution is 2.38. The second-order valence-corrected chi connectivity index (χ2v) is 16.5. The molecule has 0 radical (unpaired) electrons. The van der Waals surface area contributed by atoms with Gasteiger partial charge in [0.1, 0.15) is 0 Å². The van der Waals surface area contributed by atoms with Crippen molar-refractivity contribution in [3.05, 3.63) is 96.7 Å². The molecule has 1 amide bonds. The molecule has 4 aromatic rings. The van der Waals surface area contributed by atoms with Gasteiger partial charge in [-0.2, -0.15) is 0 Å². The predicted molar refractivity (Wildman–Crippen MR) is 172 cm³/mol. The smallest absolute Gasteiger partial charge is 0.261 e. The van der Waals surface area contributed by atoms with E-state index in [1.807, 2.05) is 18.3 Å². The Morgan fingerprint density at radius 1 is 0.902 bits per heavy atom. The van der Waals surface area contributed by atoms with Gasteiger partial charge in [0.05, 0.1) is 0 Å². The molecule has 0 aliphatic rings. The number of fused-ring (bicyclic) bond motifs is 1. The zero-order valence-electron chi connectivity index (χ0n) is 25.1. The van der Waals surface area contributed by atoms with Crippen molar-refractivity contribution in [3.8, 4) is 0 Å². The van der Waals surface area contributed by atoms with Crippen molar-refractivity contribution in [1.82, 2.24) is 10.3 Å². The number of aromatic nitrogens is 1. The number of carbonyl (C=O) groups excluding carboxylic acids is 1. The van der Waals surface area contributed by atoms with Crippen LogP contribution in [0.1, 0.15) is 58.9 Å². The Labute approximate surface area is 246 Å². The third-order valence-corrected chi connectivity index (χ3v) is 13.8. The number of aliphatic hydroxyl groups is 1. The quantitative estimate of drug-likeness (QED) is 0.164. The van der Waals surface area contributed by atoms with E-state index in [4.69, 9.17) is 4.43 Å². The van der Waals surface area contributed by atoms with E-state index in [0.717, 1.165) is 18.4 Å². The Kier molecular flexibility index (Phi) is 10.2. The number of carbonyl (C=O) groups is 1. The topological polar surface area (TPSA) is 74.3 Å². The number of aromatic amines is 1. The highest BCUT2D eigenvalue weighted by molar-refractivity contribution is 6.99. The Morgan fingerprint density at radius 3 is 2.10 bits per heavy atom. The number of benzene rings is 3. The summed E-state index contributed by atoms with van der Waals surface area (Å²) >= 11 is 0. The zero-order chi connectivity index (χ0) is 29.3. The van der Waals surface area contributed by atoms with Crippen molar-refractivity contribution in [2.24, 2.45) is 5.41 Å². The first-order chi connectivity index (χ1) is 19.7. The number of H-pyrrole nitrogens is 1. The molecule has 3 N–H and O–H groups in total. The molecule has 0 spiro atoms. The van der Waals surface area contributed by atoms with Crippen molar-refractivity contribution in [2.45, 2.75) is 64.8 Å². The van der Waals surface area contributed by atoms with Crippen LogP contribution in [0.15, 0.2) is 91.1 Å². The van der Waals surface area contributed by atoms with Crippen LogP contribution in [0.25, 0.3) is 10.9 Å². The van der Waals surface area contributed by atoms with Gasteiger partial charge in [0.15, 0.2) is 0 Å². The van der Waals surface area contributed by atoms with Crippen LogP contribution < -0.4 is 15.7 Å². The lowest BCUT2D eigenvalue weighted by Crippen LogP contribution is -2.66. The molecule has 0 aliphatic heterocycles. The summed E-state index contributed by atoms with van der Waals surface area (Å²) < 4.78 is 7.10. The van der Waals surface area contributed by atoms with Gasteiger partial charge in [-0.3, -0.25) is 4.79 Å². The molecule has 1 atom stereocenters. The summed E-state index contributed by atoms with van der Waals surface area (Å²) in [5.74, 6) is 0.0315. The number of aliphatic hydroxyl groups excluding tert-OH is 1. The number of hydrogen-bond donors (Lipinski definition) is 3. The van der Waals surface area contributed by atoms with Crippen LogP contribution in [-0.2, 0) is 15.6 Å². The van der Waals surface area contributed by atoms with Gasteiger partial charge in [-0.25, -0.2) is 0 Å². The number of rotatable bonds is 14. The van der Waals surface area contributed by atoms with E-state index in [9.17, 15) is 9.90 Å². The summed E-state index contributed by atoms with van der Waals surface area (Å²) in [5, 5.41) is 17.2. The summed E-state index contributed by atoms with van der Waals surface area (Å²) in [7, 11) is -2.65. The molecule has 6 heteroatoms. The molecule has 0 fully saturated rings. The highest BCUT2D eigenvalue weighted by Gasteiger charge is 2.50. The van der Waals surface area contributed by atoms with Crippen LogP contribution in [-0.4, -0.2) is 44.1 Å². The van der Waals surface area contributed by atoms with E-state index in [1.165, 1.54) is 21.3 Å². The zero-order valence-corrected chi connectivity index (χ0v) is 26.1. The lowest BCUT2D eigenvalue weighted by Gasteiger charge is -2.44. The molecule has 4 rings (SSSR count). The minimum absolute atomic E-state index is 0.0315. The van der Waals surface area contributed by atoms with Crippen molar-refractivity contribution in [2.75, 3.05) is 19.8 Å². The maximum absolute atomic E-state index is 12.8.